The summed E-state index contributed by atoms with van der Waals surface area (Å²) in [5, 5.41) is 0. The first-order chi connectivity index (χ1) is 7.70. The summed E-state index contributed by atoms with van der Waals surface area (Å²) in [6, 6.07) is 5.20. The van der Waals surface area contributed by atoms with Crippen molar-refractivity contribution >= 4 is 5.97 Å². The quantitative estimate of drug-likeness (QED) is 0.782. The zero-order chi connectivity index (χ0) is 11.6. The van der Waals surface area contributed by atoms with Crippen LogP contribution in [0.4, 0.5) is 0 Å². The van der Waals surface area contributed by atoms with E-state index in [-0.39, 0.29) is 12.0 Å². The second-order valence-corrected chi connectivity index (χ2v) is 4.23. The fraction of sp³-hybridized carbons (Fsp3) is 0.500. The van der Waals surface area contributed by atoms with Crippen molar-refractivity contribution < 1.29 is 9.53 Å². The standard InChI is InChI=1S/C12H16N2O2/c1-16-11(15)12(6-4-7-12)10(13)9-5-2-3-8-14-9/h2-3,5,8,10H,4,6-7,13H2,1H3. The van der Waals surface area contributed by atoms with Gasteiger partial charge in [-0.05, 0) is 25.0 Å². The third-order valence-corrected chi connectivity index (χ3v) is 3.44. The van der Waals surface area contributed by atoms with Gasteiger partial charge in [-0.1, -0.05) is 12.5 Å². The molecule has 2 rings (SSSR count). The number of nitrogens with two attached hydrogens (primary N) is 1. The summed E-state index contributed by atoms with van der Waals surface area (Å²) in [5.41, 5.74) is 6.35. The molecule has 4 heteroatoms. The molecular weight excluding hydrogens is 204 g/mol. The molecule has 4 nitrogen and oxygen atoms in total. The Bertz CT molecular complexity index is 374. The van der Waals surface area contributed by atoms with Gasteiger partial charge >= 0.3 is 5.97 Å². The third kappa shape index (κ3) is 1.59. The maximum atomic E-state index is 11.8. The van der Waals surface area contributed by atoms with Crippen molar-refractivity contribution in [2.24, 2.45) is 11.1 Å². The molecular formula is C12H16N2O2. The maximum absolute atomic E-state index is 11.8. The lowest BCUT2D eigenvalue weighted by atomic mass is 9.63. The smallest absolute Gasteiger partial charge is 0.313 e. The topological polar surface area (TPSA) is 65.2 Å². The van der Waals surface area contributed by atoms with Gasteiger partial charge in [-0.15, -0.1) is 0 Å². The SMILES string of the molecule is COC(=O)C1(C(N)c2ccccn2)CCC1. The van der Waals surface area contributed by atoms with Crippen LogP contribution < -0.4 is 5.73 Å². The van der Waals surface area contributed by atoms with E-state index < -0.39 is 5.41 Å². The summed E-state index contributed by atoms with van der Waals surface area (Å²) in [6.45, 7) is 0. The Labute approximate surface area is 94.8 Å². The Balaban J connectivity index is 2.26. The number of aromatic nitrogens is 1. The van der Waals surface area contributed by atoms with E-state index in [1.165, 1.54) is 7.11 Å². The Hall–Kier alpha value is -1.42. The highest BCUT2D eigenvalue weighted by Crippen LogP contribution is 2.49. The zero-order valence-electron chi connectivity index (χ0n) is 9.35. The normalized spacial score (nSPS) is 19.6. The van der Waals surface area contributed by atoms with Crippen molar-refractivity contribution in [3.05, 3.63) is 30.1 Å². The van der Waals surface area contributed by atoms with Crippen LogP contribution in [0, 0.1) is 5.41 Å². The lowest BCUT2D eigenvalue weighted by Crippen LogP contribution is -2.47. The molecule has 1 fully saturated rings. The van der Waals surface area contributed by atoms with E-state index in [2.05, 4.69) is 4.98 Å². The molecule has 86 valence electrons. The number of rotatable bonds is 3. The minimum atomic E-state index is -0.552. The van der Waals surface area contributed by atoms with Gasteiger partial charge in [-0.2, -0.15) is 0 Å². The number of carbonyl (C=O) groups is 1. The van der Waals surface area contributed by atoms with Crippen LogP contribution >= 0.6 is 0 Å². The Morgan fingerprint density at radius 2 is 2.31 bits per heavy atom. The second kappa shape index (κ2) is 4.22. The first-order valence-electron chi connectivity index (χ1n) is 5.45. The van der Waals surface area contributed by atoms with E-state index in [0.29, 0.717) is 0 Å². The summed E-state index contributed by atoms with van der Waals surface area (Å²) in [6.07, 6.45) is 4.29. The highest BCUT2D eigenvalue weighted by atomic mass is 16.5. The molecule has 16 heavy (non-hydrogen) atoms. The largest absolute Gasteiger partial charge is 0.469 e. The van der Waals surface area contributed by atoms with Gasteiger partial charge in [-0.25, -0.2) is 0 Å². The zero-order valence-corrected chi connectivity index (χ0v) is 9.35. The molecule has 0 spiro atoms. The molecule has 1 aromatic rings. The molecule has 0 radical (unpaired) electrons. The van der Waals surface area contributed by atoms with E-state index in [0.717, 1.165) is 25.0 Å². The van der Waals surface area contributed by atoms with Crippen molar-refractivity contribution in [1.82, 2.24) is 4.98 Å². The van der Waals surface area contributed by atoms with Crippen LogP contribution in [0.5, 0.6) is 0 Å². The molecule has 2 N–H and O–H groups in total. The summed E-state index contributed by atoms with van der Waals surface area (Å²) < 4.78 is 4.85. The van der Waals surface area contributed by atoms with E-state index in [1.54, 1.807) is 6.20 Å². The molecule has 1 aromatic heterocycles. The van der Waals surface area contributed by atoms with Crippen LogP contribution in [0.3, 0.4) is 0 Å². The number of carbonyl (C=O) groups excluding carboxylic acids is 1. The molecule has 1 aliphatic rings. The molecule has 1 saturated carbocycles. The number of esters is 1. The van der Waals surface area contributed by atoms with Crippen molar-refractivity contribution in [3.63, 3.8) is 0 Å². The Kier molecular flexibility index (Phi) is 2.92. The number of pyridine rings is 1. The van der Waals surface area contributed by atoms with Gasteiger partial charge in [0, 0.05) is 6.20 Å². The van der Waals surface area contributed by atoms with E-state index in [4.69, 9.17) is 10.5 Å². The molecule has 1 aliphatic carbocycles. The molecule has 1 heterocycles. The van der Waals surface area contributed by atoms with Crippen molar-refractivity contribution in [1.29, 1.82) is 0 Å². The molecule has 0 saturated heterocycles. The van der Waals surface area contributed by atoms with Gasteiger partial charge < -0.3 is 10.5 Å². The maximum Gasteiger partial charge on any atom is 0.313 e. The lowest BCUT2D eigenvalue weighted by Gasteiger charge is -2.42. The summed E-state index contributed by atoms with van der Waals surface area (Å²) in [7, 11) is 1.41. The van der Waals surface area contributed by atoms with Crippen LogP contribution in [0.1, 0.15) is 31.0 Å². The van der Waals surface area contributed by atoms with Gasteiger partial charge in [0.15, 0.2) is 0 Å². The summed E-state index contributed by atoms with van der Waals surface area (Å²) in [4.78, 5) is 16.0. The number of nitrogens with zero attached hydrogens (tertiary/aromatic N) is 1. The Morgan fingerprint density at radius 3 is 2.75 bits per heavy atom. The van der Waals surface area contributed by atoms with Crippen molar-refractivity contribution in [3.8, 4) is 0 Å². The monoisotopic (exact) mass is 220 g/mol. The first kappa shape index (κ1) is 11.1. The van der Waals surface area contributed by atoms with E-state index >= 15 is 0 Å². The highest BCUT2D eigenvalue weighted by molar-refractivity contribution is 5.79. The van der Waals surface area contributed by atoms with E-state index in [9.17, 15) is 4.79 Å². The van der Waals surface area contributed by atoms with Gasteiger partial charge in [0.2, 0.25) is 0 Å². The van der Waals surface area contributed by atoms with Crippen LogP contribution in [0.15, 0.2) is 24.4 Å². The lowest BCUT2D eigenvalue weighted by molar-refractivity contribution is -0.160. The third-order valence-electron chi connectivity index (χ3n) is 3.44. The molecule has 0 bridgehead atoms. The van der Waals surface area contributed by atoms with Crippen LogP contribution in [-0.4, -0.2) is 18.1 Å². The van der Waals surface area contributed by atoms with Crippen LogP contribution in [0.2, 0.25) is 0 Å². The molecule has 0 aliphatic heterocycles. The molecule has 1 unspecified atom stereocenters. The number of hydrogen-bond acceptors (Lipinski definition) is 4. The molecule has 0 aromatic carbocycles. The van der Waals surface area contributed by atoms with Gasteiger partial charge in [-0.3, -0.25) is 9.78 Å². The predicted molar refractivity (Wildman–Crippen MR) is 59.5 cm³/mol. The van der Waals surface area contributed by atoms with Crippen molar-refractivity contribution in [2.45, 2.75) is 25.3 Å². The minimum absolute atomic E-state index is 0.211. The fourth-order valence-electron chi connectivity index (χ4n) is 2.25. The first-order valence-corrected chi connectivity index (χ1v) is 5.45. The molecule has 0 amide bonds. The number of methoxy groups -OCH3 is 1. The van der Waals surface area contributed by atoms with Crippen LogP contribution in [0.25, 0.3) is 0 Å². The average molecular weight is 220 g/mol. The van der Waals surface area contributed by atoms with Gasteiger partial charge in [0.25, 0.3) is 0 Å². The predicted octanol–water partition coefficient (Wildman–Crippen LogP) is 1.42. The van der Waals surface area contributed by atoms with Crippen LogP contribution in [-0.2, 0) is 9.53 Å². The fourth-order valence-corrected chi connectivity index (χ4v) is 2.25. The van der Waals surface area contributed by atoms with Gasteiger partial charge in [0.05, 0.1) is 24.3 Å². The second-order valence-electron chi connectivity index (χ2n) is 4.23. The summed E-state index contributed by atoms with van der Waals surface area (Å²) in [5.74, 6) is -0.211. The van der Waals surface area contributed by atoms with E-state index in [1.807, 2.05) is 18.2 Å². The molecule has 1 atom stereocenters. The number of hydrogen-bond donors (Lipinski definition) is 1. The van der Waals surface area contributed by atoms with Crippen molar-refractivity contribution in [2.75, 3.05) is 7.11 Å². The number of ether oxygens (including phenoxy) is 1. The van der Waals surface area contributed by atoms with Gasteiger partial charge in [0.1, 0.15) is 0 Å². The highest BCUT2D eigenvalue weighted by Gasteiger charge is 2.51. The minimum Gasteiger partial charge on any atom is -0.469 e. The Morgan fingerprint density at radius 1 is 1.56 bits per heavy atom. The average Bonchev–Trinajstić information content (AvgIpc) is 2.28. The summed E-state index contributed by atoms with van der Waals surface area (Å²) >= 11 is 0.